The zero-order valence-corrected chi connectivity index (χ0v) is 57.1. The van der Waals surface area contributed by atoms with Gasteiger partial charge in [0.15, 0.2) is 0 Å². The first-order valence-corrected chi connectivity index (χ1v) is 31.8. The summed E-state index contributed by atoms with van der Waals surface area (Å²) in [6.07, 6.45) is 23.9. The van der Waals surface area contributed by atoms with Crippen LogP contribution in [-0.4, -0.2) is 161 Å². The molecule has 0 aromatic heterocycles. The summed E-state index contributed by atoms with van der Waals surface area (Å²) < 4.78 is 9.99. The van der Waals surface area contributed by atoms with Gasteiger partial charge >= 0.3 is 11.9 Å². The van der Waals surface area contributed by atoms with E-state index in [1.807, 2.05) is 36.1 Å². The summed E-state index contributed by atoms with van der Waals surface area (Å²) in [7, 11) is 3.42. The molecule has 3 rings (SSSR count). The van der Waals surface area contributed by atoms with Gasteiger partial charge in [-0.25, -0.2) is 9.59 Å². The first-order valence-electron chi connectivity index (χ1n) is 31.8. The van der Waals surface area contributed by atoms with Crippen molar-refractivity contribution < 1.29 is 57.4 Å². The monoisotopic (exact) mass is 1290 g/mol. The molecule has 93 heavy (non-hydrogen) atoms. The molecule has 2 saturated carbocycles. The van der Waals surface area contributed by atoms with Gasteiger partial charge in [-0.2, -0.15) is 0 Å². The Balaban J connectivity index is 0. The van der Waals surface area contributed by atoms with Gasteiger partial charge in [-0.05, 0) is 160 Å². The van der Waals surface area contributed by atoms with E-state index in [1.54, 1.807) is 51.6 Å². The summed E-state index contributed by atoms with van der Waals surface area (Å²) in [6.45, 7) is 48.3. The lowest BCUT2D eigenvalue weighted by molar-refractivity contribution is -0.137. The highest BCUT2D eigenvalue weighted by Gasteiger charge is 2.28. The van der Waals surface area contributed by atoms with Crippen LogP contribution in [0.1, 0.15) is 130 Å². The lowest BCUT2D eigenvalue weighted by Crippen LogP contribution is -2.39. The van der Waals surface area contributed by atoms with Crippen LogP contribution < -0.4 is 36.8 Å². The maximum atomic E-state index is 11.7. The van der Waals surface area contributed by atoms with E-state index in [2.05, 4.69) is 97.7 Å². The molecule has 0 bridgehead atoms. The molecule has 6 N–H and O–H groups in total. The van der Waals surface area contributed by atoms with Gasteiger partial charge in [0, 0.05) is 106 Å². The highest BCUT2D eigenvalue weighted by atomic mass is 16.5. The van der Waals surface area contributed by atoms with E-state index < -0.39 is 11.9 Å². The van der Waals surface area contributed by atoms with Crippen LogP contribution in [0.2, 0.25) is 0 Å². The zero-order valence-electron chi connectivity index (χ0n) is 57.1. The van der Waals surface area contributed by atoms with Gasteiger partial charge in [-0.1, -0.05) is 103 Å². The Morgan fingerprint density at radius 3 is 1.10 bits per heavy atom. The van der Waals surface area contributed by atoms with Crippen LogP contribution in [0.15, 0.2) is 149 Å². The predicted octanol–water partition coefficient (Wildman–Crippen LogP) is 8.72. The number of hydrogen-bond donors (Lipinski definition) is 6. The van der Waals surface area contributed by atoms with Crippen molar-refractivity contribution >= 4 is 64.9 Å². The second-order valence-electron chi connectivity index (χ2n) is 22.9. The van der Waals surface area contributed by atoms with E-state index in [0.717, 1.165) is 99.4 Å². The van der Waals surface area contributed by atoms with Gasteiger partial charge in [0.25, 0.3) is 0 Å². The summed E-state index contributed by atoms with van der Waals surface area (Å²) in [5, 5.41) is 16.8. The Morgan fingerprint density at radius 2 is 0.785 bits per heavy atom. The number of hydrogen-bond acceptors (Lipinski definition) is 13. The van der Waals surface area contributed by atoms with Crippen molar-refractivity contribution in [1.29, 1.82) is 0 Å². The number of nitrogens with zero attached hydrogens (tertiary/aromatic N) is 3. The quantitative estimate of drug-likeness (QED) is 0.0209. The minimum atomic E-state index is -0.457. The van der Waals surface area contributed by atoms with Gasteiger partial charge < -0.3 is 56.1 Å². The molecule has 21 heteroatoms. The maximum absolute atomic E-state index is 11.7. The third-order valence-corrected chi connectivity index (χ3v) is 14.6. The molecule has 0 spiro atoms. The van der Waals surface area contributed by atoms with Crippen molar-refractivity contribution in [3.8, 4) is 0 Å². The van der Waals surface area contributed by atoms with Gasteiger partial charge in [-0.15, -0.1) is 0 Å². The van der Waals surface area contributed by atoms with E-state index in [9.17, 15) is 47.9 Å². The van der Waals surface area contributed by atoms with Crippen LogP contribution in [0.5, 0.6) is 0 Å². The van der Waals surface area contributed by atoms with Crippen LogP contribution in [0.4, 0.5) is 5.69 Å². The maximum Gasteiger partial charge on any atom is 0.330 e. The molecule has 0 atom stereocenters. The van der Waals surface area contributed by atoms with E-state index in [1.165, 1.54) is 56.4 Å². The SMILES string of the molecule is C=C(C)C(=O)NC1CCC(CC2CCC(NC(=O)C(=C)C)CC2)CC1.C=C(C)C(=O)NCCNC(=O)C(=C)C.C=CC(=O)N(C)CCCN(C)C(=O)C=C.C=CC(=O)NCCCCCCCNC(=O)C=C.C=CC(=O)OCCN(CCOC(=O)C=C)c1ccc(C)cc1. The number of likely N-dealkylation sites (N-methyl/N-ethyl adjacent to an activating group) is 2. The number of carbonyl (C=O) groups excluding carboxylic acids is 10. The molecule has 1 aromatic carbocycles. The Morgan fingerprint density at radius 1 is 0.441 bits per heavy atom. The smallest absolute Gasteiger partial charge is 0.330 e. The number of unbranched alkanes of at least 4 members (excludes halogenated alkanes) is 4. The van der Waals surface area contributed by atoms with Crippen molar-refractivity contribution in [1.82, 2.24) is 41.7 Å². The summed E-state index contributed by atoms with van der Waals surface area (Å²) in [5.74, 6) is -0.158. The highest BCUT2D eigenvalue weighted by molar-refractivity contribution is 5.94. The summed E-state index contributed by atoms with van der Waals surface area (Å²) in [6, 6.07) is 8.59. The summed E-state index contributed by atoms with van der Waals surface area (Å²) in [4.78, 5) is 116. The van der Waals surface area contributed by atoms with Crippen LogP contribution >= 0.6 is 0 Å². The second-order valence-corrected chi connectivity index (χ2v) is 22.9. The largest absolute Gasteiger partial charge is 0.461 e. The number of aryl methyl sites for hydroxylation is 1. The molecule has 2 aliphatic carbocycles. The second kappa shape index (κ2) is 52.7. The molecule has 0 saturated heterocycles. The summed E-state index contributed by atoms with van der Waals surface area (Å²) >= 11 is 0. The van der Waals surface area contributed by atoms with Crippen molar-refractivity contribution in [2.75, 3.05) is 84.6 Å². The Kier molecular flexibility index (Phi) is 48.8. The van der Waals surface area contributed by atoms with Crippen LogP contribution in [-0.2, 0) is 57.4 Å². The molecular formula is C72H111N9O12. The van der Waals surface area contributed by atoms with Gasteiger partial charge in [0.1, 0.15) is 13.2 Å². The van der Waals surface area contributed by atoms with E-state index in [4.69, 9.17) is 9.47 Å². The minimum Gasteiger partial charge on any atom is -0.461 e. The number of rotatable bonds is 36. The third-order valence-electron chi connectivity index (χ3n) is 14.6. The molecule has 0 unspecified atom stereocenters. The molecule has 8 amide bonds. The van der Waals surface area contributed by atoms with Crippen molar-refractivity contribution in [3.05, 3.63) is 154 Å². The first kappa shape index (κ1) is 86.2. The first-order chi connectivity index (χ1) is 44.1. The fraction of sp³-hybridized carbons (Fsp3) is 0.500. The minimum absolute atomic E-state index is 0.00131. The topological polar surface area (TPSA) is 271 Å². The Bertz CT molecular complexity index is 2480. The van der Waals surface area contributed by atoms with Gasteiger partial charge in [0.2, 0.25) is 47.3 Å². The third kappa shape index (κ3) is 45.1. The highest BCUT2D eigenvalue weighted by Crippen LogP contribution is 2.35. The molecule has 1 aromatic rings. The number of amides is 8. The number of carbonyl (C=O) groups is 10. The van der Waals surface area contributed by atoms with Gasteiger partial charge in [-0.3, -0.25) is 38.4 Å². The van der Waals surface area contributed by atoms with Crippen molar-refractivity contribution in [2.24, 2.45) is 11.8 Å². The molecular weight excluding hydrogens is 1180 g/mol. The Hall–Kier alpha value is -8.88. The van der Waals surface area contributed by atoms with Crippen LogP contribution in [0, 0.1) is 18.8 Å². The molecule has 0 aliphatic heterocycles. The Labute approximate surface area is 555 Å². The lowest BCUT2D eigenvalue weighted by atomic mass is 9.75. The standard InChI is InChI=1S/C21H34N2O2.C17H21NO4.C13H22N2O2.C11H18N2O2.C10H16N2O2/c1-14(2)20(24)22-18-9-5-16(6-10-18)13-17-7-11-19(12-8-17)23-21(25)15(3)4;1-4-16(19)21-12-10-18(11-13-22-17(20)5-2)15-8-6-14(3)7-9-15;1-3-12(16)14-10-8-6-5-7-9-11-15-13(17)4-2;1-5-10(14)12(3)8-7-9-13(4)11(15)6-2;1-7(2)9(13)11-5-6-12-10(14)8(3)4/h16-19H,1,3,5-13H2,2,4H3,(H,22,24)(H,23,25);4-9H,1-2,10-13H2,3H3;3-4H,1-2,5-11H2,(H,14,16)(H,15,17);5-6H,1-2,7-9H2,3-4H3;1,3,5-6H2,2,4H3,(H,11,13)(H,12,14). The van der Waals surface area contributed by atoms with E-state index in [-0.39, 0.29) is 60.5 Å². The summed E-state index contributed by atoms with van der Waals surface area (Å²) in [5.41, 5.74) is 4.22. The lowest BCUT2D eigenvalue weighted by Gasteiger charge is -2.34. The number of anilines is 1. The molecule has 0 radical (unpaired) electrons. The number of benzene rings is 1. The number of esters is 2. The fourth-order valence-corrected chi connectivity index (χ4v) is 9.01. The molecule has 516 valence electrons. The van der Waals surface area contributed by atoms with Crippen LogP contribution in [0.25, 0.3) is 0 Å². The number of nitrogens with one attached hydrogen (secondary N) is 6. The molecule has 2 fully saturated rings. The fourth-order valence-electron chi connectivity index (χ4n) is 9.01. The van der Waals surface area contributed by atoms with Crippen molar-refractivity contribution in [3.63, 3.8) is 0 Å². The normalized spacial score (nSPS) is 14.8. The number of ether oxygens (including phenoxy) is 2. The predicted molar refractivity (Wildman–Crippen MR) is 373 cm³/mol. The van der Waals surface area contributed by atoms with E-state index >= 15 is 0 Å². The average molecular weight is 1290 g/mol. The zero-order chi connectivity index (χ0) is 70.7. The van der Waals surface area contributed by atoms with Gasteiger partial charge in [0.05, 0.1) is 13.1 Å². The van der Waals surface area contributed by atoms with Crippen LogP contribution in [0.3, 0.4) is 0 Å². The van der Waals surface area contributed by atoms with E-state index in [0.29, 0.717) is 86.7 Å². The van der Waals surface area contributed by atoms with Crippen molar-refractivity contribution in [2.45, 2.75) is 143 Å². The average Bonchev–Trinajstić information content (AvgIpc) is 3.76. The molecule has 0 heterocycles. The molecule has 2 aliphatic rings. The molecule has 21 nitrogen and oxygen atoms in total.